The lowest BCUT2D eigenvalue weighted by Crippen LogP contribution is -2.55. The Bertz CT molecular complexity index is 987. The Kier molecular flexibility index (Phi) is 5.92. The lowest BCUT2D eigenvalue weighted by Gasteiger charge is -2.37. The maximum absolute atomic E-state index is 12.8. The molecule has 2 aliphatic heterocycles. The number of rotatable bonds is 5. The molecule has 0 unspecified atom stereocenters. The van der Waals surface area contributed by atoms with Gasteiger partial charge in [-0.1, -0.05) is 24.3 Å². The number of carbonyl (C=O) groups is 3. The van der Waals surface area contributed by atoms with Crippen molar-refractivity contribution in [2.45, 2.75) is 6.10 Å². The molecule has 4 rings (SSSR count). The minimum absolute atomic E-state index is 0.155. The summed E-state index contributed by atoms with van der Waals surface area (Å²) < 4.78 is 16.9. The van der Waals surface area contributed by atoms with Crippen LogP contribution in [0.3, 0.4) is 0 Å². The van der Waals surface area contributed by atoms with E-state index in [0.29, 0.717) is 37.7 Å². The van der Waals surface area contributed by atoms with Crippen molar-refractivity contribution in [1.29, 1.82) is 0 Å². The molecular weight excluding hydrogens is 402 g/mol. The lowest BCUT2D eigenvalue weighted by molar-refractivity contribution is -0.146. The largest absolute Gasteiger partial charge is 0.485 e. The van der Waals surface area contributed by atoms with E-state index in [1.165, 1.54) is 0 Å². The van der Waals surface area contributed by atoms with Crippen molar-refractivity contribution in [2.75, 3.05) is 39.4 Å². The van der Waals surface area contributed by atoms with Gasteiger partial charge in [0, 0.05) is 26.2 Å². The molecule has 2 aromatic carbocycles. The fraction of sp³-hybridized carbons (Fsp3) is 0.318. The van der Waals surface area contributed by atoms with E-state index in [-0.39, 0.29) is 36.3 Å². The summed E-state index contributed by atoms with van der Waals surface area (Å²) in [7, 11) is 0. The molecule has 2 heterocycles. The molecule has 2 N–H and O–H groups in total. The maximum atomic E-state index is 12.8. The molecule has 162 valence electrons. The fourth-order valence-corrected chi connectivity index (χ4v) is 3.55. The highest BCUT2D eigenvalue weighted by atomic mass is 16.6. The van der Waals surface area contributed by atoms with Crippen LogP contribution < -0.4 is 19.9 Å². The normalized spacial score (nSPS) is 17.7. The first-order valence-corrected chi connectivity index (χ1v) is 9.99. The molecule has 2 aromatic rings. The van der Waals surface area contributed by atoms with E-state index in [4.69, 9.17) is 19.9 Å². The van der Waals surface area contributed by atoms with E-state index in [1.54, 1.807) is 46.2 Å². The zero-order valence-electron chi connectivity index (χ0n) is 16.9. The Hall–Kier alpha value is -3.75. The topological polar surface area (TPSA) is 111 Å². The summed E-state index contributed by atoms with van der Waals surface area (Å²) >= 11 is 0. The molecule has 9 nitrogen and oxygen atoms in total. The number of para-hydroxylation sites is 3. The number of hydrogen-bond acceptors (Lipinski definition) is 6. The van der Waals surface area contributed by atoms with Gasteiger partial charge in [0.2, 0.25) is 6.10 Å². The van der Waals surface area contributed by atoms with Crippen LogP contribution in [0.5, 0.6) is 17.2 Å². The Morgan fingerprint density at radius 3 is 2.32 bits per heavy atom. The van der Waals surface area contributed by atoms with Crippen LogP contribution >= 0.6 is 0 Å². The lowest BCUT2D eigenvalue weighted by atomic mass is 10.2. The third-order valence-corrected chi connectivity index (χ3v) is 5.23. The van der Waals surface area contributed by atoms with Crippen LogP contribution in [0, 0.1) is 0 Å². The standard InChI is InChI=1S/C22H23N3O6/c23-21(27)15-5-1-2-6-16(15)30-14-20(26)24-9-11-25(12-10-24)22(28)19-13-29-17-7-3-4-8-18(17)31-19/h1-8,19H,9-14H2,(H2,23,27)/t19-/m1/s1. The maximum Gasteiger partial charge on any atom is 0.267 e. The monoisotopic (exact) mass is 425 g/mol. The van der Waals surface area contributed by atoms with Gasteiger partial charge >= 0.3 is 0 Å². The predicted molar refractivity (Wildman–Crippen MR) is 110 cm³/mol. The fourth-order valence-electron chi connectivity index (χ4n) is 3.55. The van der Waals surface area contributed by atoms with Crippen LogP contribution in [0.4, 0.5) is 0 Å². The van der Waals surface area contributed by atoms with Gasteiger partial charge in [0.15, 0.2) is 18.1 Å². The number of ether oxygens (including phenoxy) is 3. The van der Waals surface area contributed by atoms with E-state index in [9.17, 15) is 14.4 Å². The molecule has 0 bridgehead atoms. The Labute approximate surface area is 179 Å². The third kappa shape index (κ3) is 4.55. The van der Waals surface area contributed by atoms with Gasteiger partial charge in [-0.3, -0.25) is 14.4 Å². The van der Waals surface area contributed by atoms with Crippen molar-refractivity contribution >= 4 is 17.7 Å². The average Bonchev–Trinajstić information content (AvgIpc) is 2.82. The van der Waals surface area contributed by atoms with Crippen LogP contribution in [-0.2, 0) is 9.59 Å². The van der Waals surface area contributed by atoms with Gasteiger partial charge in [0.1, 0.15) is 12.4 Å². The number of fused-ring (bicyclic) bond motifs is 1. The molecule has 3 amide bonds. The first kappa shape index (κ1) is 20.5. The van der Waals surface area contributed by atoms with Crippen molar-refractivity contribution < 1.29 is 28.6 Å². The number of carbonyl (C=O) groups excluding carboxylic acids is 3. The SMILES string of the molecule is NC(=O)c1ccccc1OCC(=O)N1CCN(C(=O)[C@H]2COc3ccccc3O2)CC1. The number of hydrogen-bond donors (Lipinski definition) is 1. The van der Waals surface area contributed by atoms with E-state index < -0.39 is 12.0 Å². The highest BCUT2D eigenvalue weighted by Gasteiger charge is 2.33. The van der Waals surface area contributed by atoms with Crippen LogP contribution in [0.1, 0.15) is 10.4 Å². The second kappa shape index (κ2) is 8.95. The number of primary amides is 1. The number of benzene rings is 2. The van der Waals surface area contributed by atoms with Crippen molar-refractivity contribution in [3.05, 3.63) is 54.1 Å². The molecule has 2 aliphatic rings. The average molecular weight is 425 g/mol. The minimum Gasteiger partial charge on any atom is -0.485 e. The van der Waals surface area contributed by atoms with E-state index in [1.807, 2.05) is 12.1 Å². The van der Waals surface area contributed by atoms with Gasteiger partial charge in [-0.25, -0.2) is 0 Å². The Morgan fingerprint density at radius 1 is 0.935 bits per heavy atom. The first-order valence-electron chi connectivity index (χ1n) is 9.99. The highest BCUT2D eigenvalue weighted by Crippen LogP contribution is 2.31. The van der Waals surface area contributed by atoms with Gasteiger partial charge in [-0.2, -0.15) is 0 Å². The van der Waals surface area contributed by atoms with Gasteiger partial charge in [-0.15, -0.1) is 0 Å². The molecule has 0 saturated carbocycles. The first-order chi connectivity index (χ1) is 15.0. The summed E-state index contributed by atoms with van der Waals surface area (Å²) in [5.41, 5.74) is 5.55. The third-order valence-electron chi connectivity index (χ3n) is 5.23. The van der Waals surface area contributed by atoms with E-state index in [0.717, 1.165) is 0 Å². The quantitative estimate of drug-likeness (QED) is 0.754. The van der Waals surface area contributed by atoms with Gasteiger partial charge in [0.05, 0.1) is 5.56 Å². The Morgan fingerprint density at radius 2 is 1.58 bits per heavy atom. The van der Waals surface area contributed by atoms with Gasteiger partial charge in [0.25, 0.3) is 17.7 Å². The van der Waals surface area contributed by atoms with Crippen molar-refractivity contribution in [3.63, 3.8) is 0 Å². The van der Waals surface area contributed by atoms with E-state index in [2.05, 4.69) is 0 Å². The van der Waals surface area contributed by atoms with Crippen molar-refractivity contribution in [3.8, 4) is 17.2 Å². The number of amides is 3. The Balaban J connectivity index is 1.27. The molecule has 0 spiro atoms. The van der Waals surface area contributed by atoms with Crippen LogP contribution in [0.25, 0.3) is 0 Å². The highest BCUT2D eigenvalue weighted by molar-refractivity contribution is 5.95. The second-order valence-corrected chi connectivity index (χ2v) is 7.22. The number of nitrogens with zero attached hydrogens (tertiary/aromatic N) is 2. The van der Waals surface area contributed by atoms with Crippen LogP contribution in [-0.4, -0.2) is 73.0 Å². The van der Waals surface area contributed by atoms with Gasteiger partial charge < -0.3 is 29.7 Å². The number of nitrogens with two attached hydrogens (primary N) is 1. The molecule has 31 heavy (non-hydrogen) atoms. The summed E-state index contributed by atoms with van der Waals surface area (Å²) in [6, 6.07) is 13.7. The van der Waals surface area contributed by atoms with Gasteiger partial charge in [-0.05, 0) is 24.3 Å². The summed E-state index contributed by atoms with van der Waals surface area (Å²) in [6.07, 6.45) is -0.703. The van der Waals surface area contributed by atoms with Crippen molar-refractivity contribution in [2.24, 2.45) is 5.73 Å². The van der Waals surface area contributed by atoms with Crippen LogP contribution in [0.15, 0.2) is 48.5 Å². The molecule has 9 heteroatoms. The molecule has 1 fully saturated rings. The van der Waals surface area contributed by atoms with E-state index >= 15 is 0 Å². The predicted octanol–water partition coefficient (Wildman–Crippen LogP) is 0.675. The summed E-state index contributed by atoms with van der Waals surface area (Å²) in [5.74, 6) is 0.443. The minimum atomic E-state index is -0.703. The summed E-state index contributed by atoms with van der Waals surface area (Å²) in [5, 5.41) is 0. The molecule has 0 aliphatic carbocycles. The molecule has 0 aromatic heterocycles. The zero-order chi connectivity index (χ0) is 21.8. The van der Waals surface area contributed by atoms with Crippen molar-refractivity contribution in [1.82, 2.24) is 9.80 Å². The number of piperazine rings is 1. The molecular formula is C22H23N3O6. The summed E-state index contributed by atoms with van der Waals surface area (Å²) in [4.78, 5) is 40.1. The smallest absolute Gasteiger partial charge is 0.267 e. The summed E-state index contributed by atoms with van der Waals surface area (Å²) in [6.45, 7) is 1.50. The molecule has 1 atom stereocenters. The molecule has 0 radical (unpaired) electrons. The zero-order valence-corrected chi connectivity index (χ0v) is 16.9. The second-order valence-electron chi connectivity index (χ2n) is 7.22. The van der Waals surface area contributed by atoms with Crippen LogP contribution in [0.2, 0.25) is 0 Å². The molecule has 1 saturated heterocycles.